The molecule has 0 unspecified atom stereocenters. The second-order valence-corrected chi connectivity index (χ2v) is 6.14. The van der Waals surface area contributed by atoms with Gasteiger partial charge in [0, 0.05) is 25.7 Å². The van der Waals surface area contributed by atoms with Gasteiger partial charge in [0.2, 0.25) is 5.91 Å². The summed E-state index contributed by atoms with van der Waals surface area (Å²) in [5, 5.41) is 3.12. The van der Waals surface area contributed by atoms with Crippen molar-refractivity contribution in [2.75, 3.05) is 26.2 Å². The summed E-state index contributed by atoms with van der Waals surface area (Å²) in [6.07, 6.45) is 7.10. The molecular formula is C14H27N3O. The van der Waals surface area contributed by atoms with Crippen LogP contribution in [0.1, 0.15) is 45.4 Å². The average Bonchev–Trinajstić information content (AvgIpc) is 3.11. The number of hydrogen-bond acceptors (Lipinski definition) is 3. The maximum Gasteiger partial charge on any atom is 0.234 e. The largest absolute Gasteiger partial charge is 0.354 e. The Kier molecular flexibility index (Phi) is 4.62. The predicted octanol–water partition coefficient (Wildman–Crippen LogP) is 1.11. The summed E-state index contributed by atoms with van der Waals surface area (Å²) in [7, 11) is 0. The summed E-state index contributed by atoms with van der Waals surface area (Å²) in [5.74, 6) is 0.188. The fourth-order valence-corrected chi connectivity index (χ4v) is 2.88. The van der Waals surface area contributed by atoms with Crippen LogP contribution < -0.4 is 11.1 Å². The molecule has 18 heavy (non-hydrogen) atoms. The van der Waals surface area contributed by atoms with E-state index in [1.54, 1.807) is 0 Å². The number of likely N-dealkylation sites (tertiary alicyclic amines) is 1. The molecule has 0 radical (unpaired) electrons. The van der Waals surface area contributed by atoms with Gasteiger partial charge in [0.05, 0.1) is 6.54 Å². The number of piperidine rings is 1. The quantitative estimate of drug-likeness (QED) is 0.745. The molecule has 0 aromatic rings. The Morgan fingerprint density at radius 3 is 2.61 bits per heavy atom. The van der Waals surface area contributed by atoms with Crippen LogP contribution in [0.2, 0.25) is 0 Å². The number of amides is 1. The Bertz CT molecular complexity index is 281. The minimum atomic E-state index is 0.188. The molecule has 1 amide bonds. The minimum absolute atomic E-state index is 0.188. The SMILES string of the molecule is CCCC1(CNC(=O)CN2CCC(N)CC2)CC1. The number of hydrogen-bond donors (Lipinski definition) is 2. The van der Waals surface area contributed by atoms with E-state index >= 15 is 0 Å². The lowest BCUT2D eigenvalue weighted by molar-refractivity contribution is -0.122. The molecule has 0 aromatic carbocycles. The van der Waals surface area contributed by atoms with Crippen molar-refractivity contribution in [1.29, 1.82) is 0 Å². The molecule has 3 N–H and O–H groups in total. The number of nitrogens with two attached hydrogens (primary N) is 1. The van der Waals surface area contributed by atoms with Gasteiger partial charge < -0.3 is 11.1 Å². The summed E-state index contributed by atoms with van der Waals surface area (Å²) >= 11 is 0. The fraction of sp³-hybridized carbons (Fsp3) is 0.929. The molecule has 1 aliphatic carbocycles. The third-order valence-electron chi connectivity index (χ3n) is 4.40. The third-order valence-corrected chi connectivity index (χ3v) is 4.40. The summed E-state index contributed by atoms with van der Waals surface area (Å²) in [5.41, 5.74) is 6.31. The zero-order valence-electron chi connectivity index (χ0n) is 11.6. The highest BCUT2D eigenvalue weighted by Crippen LogP contribution is 2.48. The van der Waals surface area contributed by atoms with E-state index < -0.39 is 0 Å². The van der Waals surface area contributed by atoms with Gasteiger partial charge in [0.25, 0.3) is 0 Å². The lowest BCUT2D eigenvalue weighted by Gasteiger charge is -2.29. The Hall–Kier alpha value is -0.610. The van der Waals surface area contributed by atoms with Gasteiger partial charge in [-0.1, -0.05) is 13.3 Å². The van der Waals surface area contributed by atoms with Crippen molar-refractivity contribution in [3.05, 3.63) is 0 Å². The smallest absolute Gasteiger partial charge is 0.234 e. The van der Waals surface area contributed by atoms with Gasteiger partial charge in [-0.3, -0.25) is 9.69 Å². The Balaban J connectivity index is 1.63. The highest BCUT2D eigenvalue weighted by molar-refractivity contribution is 5.78. The van der Waals surface area contributed by atoms with Crippen LogP contribution in [-0.2, 0) is 4.79 Å². The van der Waals surface area contributed by atoms with Gasteiger partial charge in [0.1, 0.15) is 0 Å². The molecule has 2 fully saturated rings. The van der Waals surface area contributed by atoms with E-state index in [0.29, 0.717) is 18.0 Å². The van der Waals surface area contributed by atoms with Gasteiger partial charge in [0.15, 0.2) is 0 Å². The van der Waals surface area contributed by atoms with E-state index in [4.69, 9.17) is 5.73 Å². The van der Waals surface area contributed by atoms with Crippen LogP contribution in [0, 0.1) is 5.41 Å². The van der Waals surface area contributed by atoms with Gasteiger partial charge in [-0.05, 0) is 37.5 Å². The van der Waals surface area contributed by atoms with E-state index in [2.05, 4.69) is 17.1 Å². The summed E-state index contributed by atoms with van der Waals surface area (Å²) in [6.45, 7) is 5.59. The summed E-state index contributed by atoms with van der Waals surface area (Å²) in [4.78, 5) is 14.1. The van der Waals surface area contributed by atoms with Crippen molar-refractivity contribution >= 4 is 5.91 Å². The van der Waals surface area contributed by atoms with Crippen LogP contribution in [0.5, 0.6) is 0 Å². The van der Waals surface area contributed by atoms with Gasteiger partial charge in [-0.15, -0.1) is 0 Å². The standard InChI is InChI=1S/C14H27N3O/c1-2-5-14(6-7-14)11-16-13(18)10-17-8-3-12(15)4-9-17/h12H,2-11,15H2,1H3,(H,16,18). The molecule has 0 spiro atoms. The molecule has 1 heterocycles. The topological polar surface area (TPSA) is 58.4 Å². The number of carbonyl (C=O) groups is 1. The molecule has 2 aliphatic rings. The van der Waals surface area contributed by atoms with Crippen molar-refractivity contribution in [2.45, 2.75) is 51.5 Å². The number of rotatable bonds is 6. The first-order chi connectivity index (χ1) is 8.63. The van der Waals surface area contributed by atoms with E-state index in [9.17, 15) is 4.79 Å². The van der Waals surface area contributed by atoms with E-state index in [1.165, 1.54) is 25.7 Å². The van der Waals surface area contributed by atoms with Gasteiger partial charge >= 0.3 is 0 Å². The molecule has 1 saturated carbocycles. The van der Waals surface area contributed by atoms with Crippen LogP contribution in [-0.4, -0.2) is 43.0 Å². The molecule has 0 aromatic heterocycles. The van der Waals surface area contributed by atoms with Crippen LogP contribution >= 0.6 is 0 Å². The first kappa shape index (κ1) is 13.8. The highest BCUT2D eigenvalue weighted by Gasteiger charge is 2.41. The second-order valence-electron chi connectivity index (χ2n) is 6.14. The van der Waals surface area contributed by atoms with Crippen molar-refractivity contribution in [2.24, 2.45) is 11.1 Å². The summed E-state index contributed by atoms with van der Waals surface area (Å²) < 4.78 is 0. The van der Waals surface area contributed by atoms with Crippen LogP contribution in [0.3, 0.4) is 0 Å². The van der Waals surface area contributed by atoms with E-state index in [1.807, 2.05) is 0 Å². The van der Waals surface area contributed by atoms with Crippen molar-refractivity contribution < 1.29 is 4.79 Å². The number of carbonyl (C=O) groups excluding carboxylic acids is 1. The van der Waals surface area contributed by atoms with E-state index in [0.717, 1.165) is 32.5 Å². The number of nitrogens with one attached hydrogen (secondary N) is 1. The Morgan fingerprint density at radius 1 is 1.39 bits per heavy atom. The van der Waals surface area contributed by atoms with Crippen molar-refractivity contribution in [3.8, 4) is 0 Å². The van der Waals surface area contributed by atoms with Crippen LogP contribution in [0.15, 0.2) is 0 Å². The average molecular weight is 253 g/mol. The Morgan fingerprint density at radius 2 is 2.06 bits per heavy atom. The molecule has 1 saturated heterocycles. The maximum absolute atomic E-state index is 11.9. The molecule has 4 heteroatoms. The van der Waals surface area contributed by atoms with E-state index in [-0.39, 0.29) is 5.91 Å². The van der Waals surface area contributed by atoms with Crippen LogP contribution in [0.4, 0.5) is 0 Å². The lowest BCUT2D eigenvalue weighted by Crippen LogP contribution is -2.45. The fourth-order valence-electron chi connectivity index (χ4n) is 2.88. The lowest BCUT2D eigenvalue weighted by atomic mass is 10.0. The second kappa shape index (κ2) is 6.02. The zero-order chi connectivity index (χ0) is 13.0. The summed E-state index contributed by atoms with van der Waals surface area (Å²) in [6, 6.07) is 0.337. The first-order valence-corrected chi connectivity index (χ1v) is 7.38. The number of nitrogens with zero attached hydrogens (tertiary/aromatic N) is 1. The van der Waals surface area contributed by atoms with Crippen molar-refractivity contribution in [1.82, 2.24) is 10.2 Å². The normalized spacial score (nSPS) is 23.9. The maximum atomic E-state index is 11.9. The van der Waals surface area contributed by atoms with Gasteiger partial charge in [-0.2, -0.15) is 0 Å². The molecule has 1 aliphatic heterocycles. The molecule has 4 nitrogen and oxygen atoms in total. The predicted molar refractivity (Wildman–Crippen MR) is 73.2 cm³/mol. The minimum Gasteiger partial charge on any atom is -0.354 e. The monoisotopic (exact) mass is 253 g/mol. The molecular weight excluding hydrogens is 226 g/mol. The molecule has 2 rings (SSSR count). The highest BCUT2D eigenvalue weighted by atomic mass is 16.2. The first-order valence-electron chi connectivity index (χ1n) is 7.38. The molecule has 0 bridgehead atoms. The van der Waals surface area contributed by atoms with Crippen LogP contribution in [0.25, 0.3) is 0 Å². The Labute approximate surface area is 110 Å². The molecule has 0 atom stereocenters. The van der Waals surface area contributed by atoms with Crippen molar-refractivity contribution in [3.63, 3.8) is 0 Å². The molecule has 104 valence electrons. The van der Waals surface area contributed by atoms with Gasteiger partial charge in [-0.25, -0.2) is 0 Å². The third kappa shape index (κ3) is 3.95. The zero-order valence-corrected chi connectivity index (χ0v) is 11.6.